The Morgan fingerprint density at radius 2 is 0.642 bits per heavy atom. The lowest BCUT2D eigenvalue weighted by Gasteiger charge is -2.30. The van der Waals surface area contributed by atoms with Crippen molar-refractivity contribution in [2.24, 2.45) is 11.8 Å². The quantitative estimate of drug-likeness (QED) is 0.152. The molecule has 0 unspecified atom stereocenters. The molecule has 0 bridgehead atoms. The third-order valence-corrected chi connectivity index (χ3v) is 13.7. The van der Waals surface area contributed by atoms with Crippen LogP contribution in [0.25, 0.3) is 0 Å². The molecule has 2 amide bonds. The summed E-state index contributed by atoms with van der Waals surface area (Å²) in [5.74, 6) is 0.642. The Morgan fingerprint density at radius 1 is 0.373 bits per heavy atom. The highest BCUT2D eigenvalue weighted by Crippen LogP contribution is 2.22. The minimum Gasteiger partial charge on any atom is -0.376 e. The molecule has 4 N–H and O–H groups in total. The van der Waals surface area contributed by atoms with Gasteiger partial charge in [0, 0.05) is 61.2 Å². The first-order chi connectivity index (χ1) is 31.7. The van der Waals surface area contributed by atoms with Crippen molar-refractivity contribution in [3.63, 3.8) is 0 Å². The molecule has 3 aliphatic heterocycles. The number of amides is 2. The van der Waals surface area contributed by atoms with Gasteiger partial charge in [-0.25, -0.2) is 0 Å². The molecular weight excluding hydrogens is 835 g/mol. The standard InChI is InChI=1S/C10H20N2O.C10H19NO.C9H20N2.C9H19NO.C9H19N.C9H18O/c1-8(2)10(13)11-9-4-6-12(3)7-5-9;1-8(2)10(12)11-9-6-4-3-5-7-9;1-8(2)10-9-4-6-11(3)7-5-9;1-8(2)11-9-4-6-10(3)7-5-9;2*1-8(2)10-9-6-4-3-5-7-9/h8-9H,4-7H2,1-3H3,(H,11,13);8-9H,3-7H2,1-2H3,(H,11,12);8-10H,4-7H2,1-3H3;8-9H,4-7H2,1-3H3;8-10H,3-7H2,1-2H3;8-9H,3-7H2,1-2H3. The summed E-state index contributed by atoms with van der Waals surface area (Å²) in [5.41, 5.74) is 0. The van der Waals surface area contributed by atoms with Gasteiger partial charge in [0.25, 0.3) is 0 Å². The highest BCUT2D eigenvalue weighted by Gasteiger charge is 2.21. The van der Waals surface area contributed by atoms with Crippen LogP contribution in [0.1, 0.15) is 218 Å². The van der Waals surface area contributed by atoms with Gasteiger partial charge in [0.2, 0.25) is 11.8 Å². The van der Waals surface area contributed by atoms with E-state index in [0.29, 0.717) is 48.6 Å². The highest BCUT2D eigenvalue weighted by atomic mass is 16.5. The largest absolute Gasteiger partial charge is 0.376 e. The molecular formula is C56H115N7O4. The number of likely N-dealkylation sites (tertiary alicyclic amines) is 3. The van der Waals surface area contributed by atoms with Gasteiger partial charge in [0.05, 0.1) is 24.4 Å². The van der Waals surface area contributed by atoms with Gasteiger partial charge >= 0.3 is 0 Å². The normalized spacial score (nSPS) is 21.6. The Kier molecular flexibility index (Phi) is 36.4. The molecule has 3 aliphatic carbocycles. The Labute approximate surface area is 416 Å². The lowest BCUT2D eigenvalue weighted by molar-refractivity contribution is -0.125. The summed E-state index contributed by atoms with van der Waals surface area (Å²) in [6.07, 6.45) is 29.3. The van der Waals surface area contributed by atoms with Crippen molar-refractivity contribution in [2.45, 2.75) is 279 Å². The van der Waals surface area contributed by atoms with Gasteiger partial charge in [-0.15, -0.1) is 0 Å². The summed E-state index contributed by atoms with van der Waals surface area (Å²) in [7, 11) is 6.50. The molecule has 0 atom stereocenters. The summed E-state index contributed by atoms with van der Waals surface area (Å²) < 4.78 is 11.4. The molecule has 11 heteroatoms. The van der Waals surface area contributed by atoms with Gasteiger partial charge in [-0.1, -0.05) is 113 Å². The second-order valence-electron chi connectivity index (χ2n) is 22.9. The van der Waals surface area contributed by atoms with Crippen LogP contribution in [0.2, 0.25) is 0 Å². The zero-order valence-electron chi connectivity index (χ0n) is 47.0. The molecule has 3 saturated heterocycles. The van der Waals surface area contributed by atoms with E-state index in [1.165, 1.54) is 148 Å². The SMILES string of the molecule is CC(C)C(=O)NC1CCCCC1.CC(C)C(=O)NC1CCN(C)CC1.CC(C)NC1CCCCC1.CC(C)NC1CCN(C)CC1.CC(C)OC1CCCCC1.CC(C)OC1CCN(C)CC1. The Morgan fingerprint density at radius 3 is 0.970 bits per heavy atom. The van der Waals surface area contributed by atoms with Crippen molar-refractivity contribution in [3.8, 4) is 0 Å². The number of rotatable bonds is 12. The number of piperidine rings is 3. The Balaban J connectivity index is 0.000000403. The number of carbonyl (C=O) groups excluding carboxylic acids is 2. The lowest BCUT2D eigenvalue weighted by atomic mass is 9.95. The van der Waals surface area contributed by atoms with Crippen LogP contribution in [-0.2, 0) is 19.1 Å². The molecule has 0 aromatic rings. The highest BCUT2D eigenvalue weighted by molar-refractivity contribution is 5.78. The van der Waals surface area contributed by atoms with E-state index >= 15 is 0 Å². The first-order valence-corrected chi connectivity index (χ1v) is 28.2. The summed E-state index contributed by atoms with van der Waals surface area (Å²) >= 11 is 0. The fourth-order valence-corrected chi connectivity index (χ4v) is 9.61. The van der Waals surface area contributed by atoms with Crippen molar-refractivity contribution >= 4 is 11.8 Å². The summed E-state index contributed by atoms with van der Waals surface area (Å²) in [5, 5.41) is 13.3. The van der Waals surface area contributed by atoms with Gasteiger partial charge in [-0.3, -0.25) is 9.59 Å². The van der Waals surface area contributed by atoms with E-state index in [2.05, 4.69) is 112 Å². The van der Waals surface area contributed by atoms with Crippen molar-refractivity contribution in [1.82, 2.24) is 36.0 Å². The van der Waals surface area contributed by atoms with Gasteiger partial charge in [-0.2, -0.15) is 0 Å². The van der Waals surface area contributed by atoms with Crippen molar-refractivity contribution < 1.29 is 19.1 Å². The Bertz CT molecular complexity index is 1110. The minimum absolute atomic E-state index is 0.111. The van der Waals surface area contributed by atoms with Crippen LogP contribution in [-0.4, -0.2) is 148 Å². The molecule has 11 nitrogen and oxygen atoms in total. The molecule has 6 rings (SSSR count). The maximum atomic E-state index is 11.4. The van der Waals surface area contributed by atoms with Crippen molar-refractivity contribution in [1.29, 1.82) is 0 Å². The molecule has 3 saturated carbocycles. The van der Waals surface area contributed by atoms with E-state index in [-0.39, 0.29) is 23.7 Å². The molecule has 398 valence electrons. The summed E-state index contributed by atoms with van der Waals surface area (Å²) in [6.45, 7) is 32.2. The lowest BCUT2D eigenvalue weighted by Crippen LogP contribution is -2.44. The number of nitrogens with zero attached hydrogens (tertiary/aromatic N) is 3. The van der Waals surface area contributed by atoms with Crippen molar-refractivity contribution in [3.05, 3.63) is 0 Å². The summed E-state index contributed by atoms with van der Waals surface area (Å²) in [6, 6.07) is 3.78. The second kappa shape index (κ2) is 38.4. The third-order valence-electron chi connectivity index (χ3n) is 13.7. The number of hydrogen-bond acceptors (Lipinski definition) is 9. The number of carbonyl (C=O) groups is 2. The molecule has 0 spiro atoms. The maximum absolute atomic E-state index is 11.4. The van der Waals surface area contributed by atoms with Crippen LogP contribution in [0, 0.1) is 11.8 Å². The molecule has 0 radical (unpaired) electrons. The second-order valence-corrected chi connectivity index (χ2v) is 22.9. The molecule has 6 aliphatic rings. The van der Waals surface area contributed by atoms with Gasteiger partial charge < -0.3 is 45.4 Å². The predicted molar refractivity (Wildman–Crippen MR) is 287 cm³/mol. The van der Waals surface area contributed by atoms with Gasteiger partial charge in [0.15, 0.2) is 0 Å². The van der Waals surface area contributed by atoms with Crippen LogP contribution in [0.5, 0.6) is 0 Å². The molecule has 0 aromatic heterocycles. The average molecular weight is 951 g/mol. The van der Waals surface area contributed by atoms with Crippen LogP contribution < -0.4 is 21.3 Å². The molecule has 6 fully saturated rings. The van der Waals surface area contributed by atoms with E-state index in [4.69, 9.17) is 9.47 Å². The van der Waals surface area contributed by atoms with Gasteiger partial charge in [-0.05, 0) is 152 Å². The van der Waals surface area contributed by atoms with E-state index in [9.17, 15) is 9.59 Å². The van der Waals surface area contributed by atoms with Crippen LogP contribution in [0.3, 0.4) is 0 Å². The van der Waals surface area contributed by atoms with E-state index < -0.39 is 0 Å². The van der Waals surface area contributed by atoms with Crippen LogP contribution in [0.4, 0.5) is 0 Å². The van der Waals surface area contributed by atoms with Gasteiger partial charge in [0.1, 0.15) is 0 Å². The van der Waals surface area contributed by atoms with E-state index in [1.807, 2.05) is 27.7 Å². The van der Waals surface area contributed by atoms with Crippen LogP contribution >= 0.6 is 0 Å². The fraction of sp³-hybridized carbons (Fsp3) is 0.964. The zero-order chi connectivity index (χ0) is 50.1. The maximum Gasteiger partial charge on any atom is 0.222 e. The third kappa shape index (κ3) is 35.4. The number of hydrogen-bond donors (Lipinski definition) is 4. The number of ether oxygens (including phenoxy) is 2. The van der Waals surface area contributed by atoms with E-state index in [1.54, 1.807) is 0 Å². The minimum atomic E-state index is 0.111. The topological polar surface area (TPSA) is 110 Å². The predicted octanol–water partition coefficient (Wildman–Crippen LogP) is 10.6. The monoisotopic (exact) mass is 950 g/mol. The van der Waals surface area contributed by atoms with Crippen LogP contribution in [0.15, 0.2) is 0 Å². The average Bonchev–Trinajstić information content (AvgIpc) is 3.27. The first-order valence-electron chi connectivity index (χ1n) is 28.2. The Hall–Kier alpha value is -1.34. The molecule has 3 heterocycles. The zero-order valence-corrected chi connectivity index (χ0v) is 47.0. The molecule has 0 aromatic carbocycles. The fourth-order valence-electron chi connectivity index (χ4n) is 9.61. The number of nitrogens with one attached hydrogen (secondary N) is 4. The van der Waals surface area contributed by atoms with E-state index in [0.717, 1.165) is 38.0 Å². The first kappa shape index (κ1) is 63.7. The smallest absolute Gasteiger partial charge is 0.222 e. The van der Waals surface area contributed by atoms with Crippen molar-refractivity contribution in [2.75, 3.05) is 60.4 Å². The molecule has 67 heavy (non-hydrogen) atoms. The summed E-state index contributed by atoms with van der Waals surface area (Å²) in [4.78, 5) is 29.7.